The second-order valence-corrected chi connectivity index (χ2v) is 4.12. The fourth-order valence-corrected chi connectivity index (χ4v) is 1.60. The first kappa shape index (κ1) is 14.2. The van der Waals surface area contributed by atoms with Gasteiger partial charge < -0.3 is 14.9 Å². The first-order valence-corrected chi connectivity index (χ1v) is 5.45. The van der Waals surface area contributed by atoms with E-state index in [0.717, 1.165) is 0 Å². The van der Waals surface area contributed by atoms with Crippen LogP contribution in [0.3, 0.4) is 0 Å². The highest BCUT2D eigenvalue weighted by atomic mass is 35.5. The molecule has 0 amide bonds. The average Bonchev–Trinajstić information content (AvgIpc) is 2.31. The molecular formula is C10H11Cl2NO4. The molecule has 0 saturated heterocycles. The van der Waals surface area contributed by atoms with Gasteiger partial charge in [0, 0.05) is 11.8 Å². The second-order valence-electron chi connectivity index (χ2n) is 3.33. The van der Waals surface area contributed by atoms with E-state index in [0.29, 0.717) is 0 Å². The van der Waals surface area contributed by atoms with Gasteiger partial charge in [-0.05, 0) is 6.07 Å². The summed E-state index contributed by atoms with van der Waals surface area (Å²) in [7, 11) is 1.19. The van der Waals surface area contributed by atoms with Crippen LogP contribution in [0.5, 0.6) is 0 Å². The number of aliphatic hydroxyl groups excluding tert-OH is 2. The summed E-state index contributed by atoms with van der Waals surface area (Å²) in [6.45, 7) is 0. The SMILES string of the molecule is COC(=O)CC(O)C(O)c1cc(Cl)cnc1Cl. The maximum Gasteiger partial charge on any atom is 0.308 e. The van der Waals surface area contributed by atoms with Gasteiger partial charge in [-0.25, -0.2) is 4.98 Å². The molecule has 7 heteroatoms. The number of halogens is 2. The Balaban J connectivity index is 2.84. The molecule has 0 bridgehead atoms. The molecule has 0 aromatic carbocycles. The number of methoxy groups -OCH3 is 1. The minimum absolute atomic E-state index is 0.0193. The van der Waals surface area contributed by atoms with Crippen LogP contribution in [0.1, 0.15) is 18.1 Å². The van der Waals surface area contributed by atoms with Gasteiger partial charge in [0.05, 0.1) is 24.7 Å². The number of hydrogen-bond donors (Lipinski definition) is 2. The molecule has 2 atom stereocenters. The van der Waals surface area contributed by atoms with Crippen molar-refractivity contribution >= 4 is 29.2 Å². The van der Waals surface area contributed by atoms with E-state index in [1.165, 1.54) is 19.4 Å². The first-order chi connectivity index (χ1) is 7.95. The van der Waals surface area contributed by atoms with Crippen LogP contribution < -0.4 is 0 Å². The van der Waals surface area contributed by atoms with Gasteiger partial charge in [-0.15, -0.1) is 0 Å². The zero-order valence-corrected chi connectivity index (χ0v) is 10.4. The molecule has 17 heavy (non-hydrogen) atoms. The number of aliphatic hydroxyl groups is 2. The van der Waals surface area contributed by atoms with E-state index in [1.54, 1.807) is 0 Å². The average molecular weight is 280 g/mol. The standard InChI is InChI=1S/C10H11Cl2NO4/c1-17-8(15)3-7(14)9(16)6-2-5(11)4-13-10(6)12/h2,4,7,9,14,16H,3H2,1H3. The quantitative estimate of drug-likeness (QED) is 0.642. The van der Waals surface area contributed by atoms with E-state index in [-0.39, 0.29) is 22.2 Å². The molecule has 0 fully saturated rings. The van der Waals surface area contributed by atoms with Crippen LogP contribution >= 0.6 is 23.2 Å². The smallest absolute Gasteiger partial charge is 0.308 e. The highest BCUT2D eigenvalue weighted by Gasteiger charge is 2.24. The molecule has 1 aromatic heterocycles. The molecular weight excluding hydrogens is 269 g/mol. The van der Waals surface area contributed by atoms with Gasteiger partial charge in [-0.1, -0.05) is 23.2 Å². The number of rotatable bonds is 4. The van der Waals surface area contributed by atoms with E-state index in [4.69, 9.17) is 23.2 Å². The van der Waals surface area contributed by atoms with Crippen LogP contribution in [0.25, 0.3) is 0 Å². The summed E-state index contributed by atoms with van der Waals surface area (Å²) >= 11 is 11.4. The lowest BCUT2D eigenvalue weighted by Crippen LogP contribution is -2.23. The molecule has 1 heterocycles. The van der Waals surface area contributed by atoms with Crippen molar-refractivity contribution in [2.75, 3.05) is 7.11 Å². The third-order valence-electron chi connectivity index (χ3n) is 2.12. The van der Waals surface area contributed by atoms with Crippen molar-refractivity contribution in [2.45, 2.75) is 18.6 Å². The lowest BCUT2D eigenvalue weighted by Gasteiger charge is -2.17. The van der Waals surface area contributed by atoms with Crippen molar-refractivity contribution in [3.63, 3.8) is 0 Å². The molecule has 2 N–H and O–H groups in total. The van der Waals surface area contributed by atoms with Gasteiger partial charge in [0.2, 0.25) is 0 Å². The van der Waals surface area contributed by atoms with Crippen LogP contribution in [0.2, 0.25) is 10.2 Å². The highest BCUT2D eigenvalue weighted by Crippen LogP contribution is 2.27. The van der Waals surface area contributed by atoms with Crippen LogP contribution in [0.4, 0.5) is 0 Å². The van der Waals surface area contributed by atoms with Gasteiger partial charge in [-0.2, -0.15) is 0 Å². The molecule has 0 aliphatic rings. The number of carbonyl (C=O) groups is 1. The zero-order chi connectivity index (χ0) is 13.0. The van der Waals surface area contributed by atoms with Gasteiger partial charge in [0.1, 0.15) is 11.3 Å². The number of pyridine rings is 1. The molecule has 5 nitrogen and oxygen atoms in total. The number of hydrogen-bond acceptors (Lipinski definition) is 5. The van der Waals surface area contributed by atoms with Crippen LogP contribution in [-0.2, 0) is 9.53 Å². The number of esters is 1. The predicted octanol–water partition coefficient (Wildman–Crippen LogP) is 1.35. The summed E-state index contributed by atoms with van der Waals surface area (Å²) < 4.78 is 4.38. The maximum atomic E-state index is 10.9. The summed E-state index contributed by atoms with van der Waals surface area (Å²) in [6.07, 6.45) is -1.72. The molecule has 1 aromatic rings. The Morgan fingerprint density at radius 2 is 2.18 bits per heavy atom. The topological polar surface area (TPSA) is 79.7 Å². The normalized spacial score (nSPS) is 14.2. The largest absolute Gasteiger partial charge is 0.469 e. The molecule has 1 rings (SSSR count). The predicted molar refractivity (Wildman–Crippen MR) is 61.9 cm³/mol. The molecule has 94 valence electrons. The van der Waals surface area contributed by atoms with Crippen LogP contribution in [-0.4, -0.2) is 34.4 Å². The molecule has 0 radical (unpaired) electrons. The van der Waals surface area contributed by atoms with Crippen molar-refractivity contribution in [3.05, 3.63) is 28.0 Å². The fraction of sp³-hybridized carbons (Fsp3) is 0.400. The van der Waals surface area contributed by atoms with E-state index in [2.05, 4.69) is 9.72 Å². The van der Waals surface area contributed by atoms with Gasteiger partial charge >= 0.3 is 5.97 Å². The zero-order valence-electron chi connectivity index (χ0n) is 8.93. The molecule has 0 aliphatic carbocycles. The fourth-order valence-electron chi connectivity index (χ4n) is 1.22. The summed E-state index contributed by atoms with van der Waals surface area (Å²) in [6, 6.07) is 1.38. The molecule has 0 saturated carbocycles. The summed E-state index contributed by atoms with van der Waals surface area (Å²) in [5.74, 6) is -0.636. The van der Waals surface area contributed by atoms with E-state index in [1.807, 2.05) is 0 Å². The number of carbonyl (C=O) groups excluding carboxylic acids is 1. The second kappa shape index (κ2) is 6.16. The lowest BCUT2D eigenvalue weighted by molar-refractivity contribution is -0.144. The van der Waals surface area contributed by atoms with E-state index in [9.17, 15) is 15.0 Å². The lowest BCUT2D eigenvalue weighted by atomic mass is 10.0. The van der Waals surface area contributed by atoms with Crippen molar-refractivity contribution < 1.29 is 19.7 Å². The minimum atomic E-state index is -1.35. The van der Waals surface area contributed by atoms with E-state index < -0.39 is 18.2 Å². The highest BCUT2D eigenvalue weighted by molar-refractivity contribution is 6.32. The van der Waals surface area contributed by atoms with Crippen molar-refractivity contribution in [2.24, 2.45) is 0 Å². The first-order valence-electron chi connectivity index (χ1n) is 4.69. The summed E-state index contributed by atoms with van der Waals surface area (Å²) in [4.78, 5) is 14.7. The van der Waals surface area contributed by atoms with Crippen LogP contribution in [0.15, 0.2) is 12.3 Å². The summed E-state index contributed by atoms with van der Waals surface area (Å²) in [5, 5.41) is 19.7. The summed E-state index contributed by atoms with van der Waals surface area (Å²) in [5.41, 5.74) is 0.163. The number of nitrogens with zero attached hydrogens (tertiary/aromatic N) is 1. The van der Waals surface area contributed by atoms with Gasteiger partial charge in [0.25, 0.3) is 0 Å². The van der Waals surface area contributed by atoms with Crippen molar-refractivity contribution in [1.29, 1.82) is 0 Å². The molecule has 0 spiro atoms. The maximum absolute atomic E-state index is 10.9. The molecule has 0 aliphatic heterocycles. The Bertz CT molecular complexity index is 413. The Hall–Kier alpha value is -0.880. The van der Waals surface area contributed by atoms with Crippen LogP contribution in [0, 0.1) is 0 Å². The van der Waals surface area contributed by atoms with E-state index >= 15 is 0 Å². The third kappa shape index (κ3) is 3.81. The third-order valence-corrected chi connectivity index (χ3v) is 2.64. The number of aromatic nitrogens is 1. The Morgan fingerprint density at radius 1 is 1.53 bits per heavy atom. The number of ether oxygens (including phenoxy) is 1. The minimum Gasteiger partial charge on any atom is -0.469 e. The Labute approximate surface area is 108 Å². The van der Waals surface area contributed by atoms with Crippen molar-refractivity contribution in [3.8, 4) is 0 Å². The van der Waals surface area contributed by atoms with Gasteiger partial charge in [-0.3, -0.25) is 4.79 Å². The Kier molecular flexibility index (Phi) is 5.14. The van der Waals surface area contributed by atoms with Gasteiger partial charge in [0.15, 0.2) is 0 Å². The molecule has 2 unspecified atom stereocenters. The van der Waals surface area contributed by atoms with Crippen molar-refractivity contribution in [1.82, 2.24) is 4.98 Å². The Morgan fingerprint density at radius 3 is 2.76 bits per heavy atom. The monoisotopic (exact) mass is 279 g/mol.